The van der Waals surface area contributed by atoms with Gasteiger partial charge in [0.1, 0.15) is 16.6 Å². The van der Waals surface area contributed by atoms with Gasteiger partial charge in [0.15, 0.2) is 5.78 Å². The van der Waals surface area contributed by atoms with Gasteiger partial charge in [-0.3, -0.25) is 4.79 Å². The van der Waals surface area contributed by atoms with Crippen LogP contribution in [0.4, 0.5) is 10.7 Å². The lowest BCUT2D eigenvalue weighted by molar-refractivity contribution is 0.0944. The Morgan fingerprint density at radius 2 is 2.22 bits per heavy atom. The first-order chi connectivity index (χ1) is 8.45. The molecule has 1 aliphatic carbocycles. The van der Waals surface area contributed by atoms with Crippen LogP contribution in [0.1, 0.15) is 42.4 Å². The lowest BCUT2D eigenvalue weighted by atomic mass is 10.1. The lowest BCUT2D eigenvalue weighted by Crippen LogP contribution is -2.07. The third kappa shape index (κ3) is 2.21. The first-order valence-electron chi connectivity index (χ1n) is 6.08. The molecule has 2 atom stereocenters. The number of anilines is 2. The van der Waals surface area contributed by atoms with Crippen LogP contribution in [0, 0.1) is 23.2 Å². The van der Waals surface area contributed by atoms with Crippen LogP contribution < -0.4 is 11.1 Å². The minimum atomic E-state index is -0.106. The van der Waals surface area contributed by atoms with E-state index in [0.717, 1.165) is 11.4 Å². The van der Waals surface area contributed by atoms with Crippen molar-refractivity contribution in [3.05, 3.63) is 10.4 Å². The highest BCUT2D eigenvalue weighted by Gasteiger charge is 2.34. The third-order valence-corrected chi connectivity index (χ3v) is 4.38. The second-order valence-corrected chi connectivity index (χ2v) is 6.16. The molecule has 5 heteroatoms. The fourth-order valence-electron chi connectivity index (χ4n) is 1.79. The molecule has 2 rings (SSSR count). The first kappa shape index (κ1) is 12.9. The molecule has 3 N–H and O–H groups in total. The number of carbonyl (C=O) groups is 1. The van der Waals surface area contributed by atoms with E-state index in [0.29, 0.717) is 28.1 Å². The normalized spacial score (nSPS) is 21.7. The highest BCUT2D eigenvalue weighted by molar-refractivity contribution is 7.19. The number of nitrogen functional groups attached to an aromatic ring is 1. The predicted molar refractivity (Wildman–Crippen MR) is 73.8 cm³/mol. The van der Waals surface area contributed by atoms with Gasteiger partial charge in [-0.2, -0.15) is 5.26 Å². The number of rotatable bonds is 4. The predicted octanol–water partition coefficient (Wildman–Crippen LogP) is 2.86. The summed E-state index contributed by atoms with van der Waals surface area (Å²) in [5, 5.41) is 13.2. The Morgan fingerprint density at radius 3 is 2.67 bits per heavy atom. The first-order valence-corrected chi connectivity index (χ1v) is 6.90. The molecule has 2 unspecified atom stereocenters. The molecular weight excluding hydrogens is 246 g/mol. The molecule has 18 heavy (non-hydrogen) atoms. The zero-order valence-corrected chi connectivity index (χ0v) is 11.6. The van der Waals surface area contributed by atoms with E-state index in [-0.39, 0.29) is 11.7 Å². The number of thiophene rings is 1. The van der Waals surface area contributed by atoms with Gasteiger partial charge in [-0.1, -0.05) is 20.8 Å². The van der Waals surface area contributed by atoms with Crippen molar-refractivity contribution in [1.82, 2.24) is 0 Å². The van der Waals surface area contributed by atoms with Gasteiger partial charge >= 0.3 is 0 Å². The monoisotopic (exact) mass is 263 g/mol. The molecule has 0 bridgehead atoms. The Kier molecular flexibility index (Phi) is 3.31. The number of Topliss-reactive ketones (excluding diaryl/α,β-unsaturated/α-hetero) is 1. The lowest BCUT2D eigenvalue weighted by Gasteiger charge is -2.01. The second-order valence-electron chi connectivity index (χ2n) is 5.14. The minimum absolute atomic E-state index is 0.00546. The highest BCUT2D eigenvalue weighted by Crippen LogP contribution is 2.41. The summed E-state index contributed by atoms with van der Waals surface area (Å²) in [5.41, 5.74) is 6.66. The zero-order chi connectivity index (χ0) is 13.4. The van der Waals surface area contributed by atoms with Gasteiger partial charge in [-0.25, -0.2) is 0 Å². The maximum atomic E-state index is 12.0. The molecule has 1 aliphatic rings. The highest BCUT2D eigenvalue weighted by atomic mass is 32.1. The summed E-state index contributed by atoms with van der Waals surface area (Å²) in [6.07, 6.45) is 1.11. The molecule has 4 nitrogen and oxygen atoms in total. The molecule has 96 valence electrons. The summed E-state index contributed by atoms with van der Waals surface area (Å²) < 4.78 is 0. The van der Waals surface area contributed by atoms with Crippen LogP contribution in [-0.2, 0) is 0 Å². The Labute approximate surface area is 111 Å². The Hall–Kier alpha value is -1.54. The largest absolute Gasteiger partial charge is 0.396 e. The summed E-state index contributed by atoms with van der Waals surface area (Å²) in [5.74, 6) is 0.528. The van der Waals surface area contributed by atoms with Crippen molar-refractivity contribution in [2.75, 3.05) is 11.1 Å². The van der Waals surface area contributed by atoms with Crippen LogP contribution >= 0.6 is 11.3 Å². The summed E-state index contributed by atoms with van der Waals surface area (Å²) in [4.78, 5) is 12.5. The van der Waals surface area contributed by atoms with E-state index in [9.17, 15) is 4.79 Å². The molecule has 0 spiro atoms. The molecule has 0 amide bonds. The van der Waals surface area contributed by atoms with E-state index in [1.165, 1.54) is 11.3 Å². The average Bonchev–Trinajstić information content (AvgIpc) is 2.90. The van der Waals surface area contributed by atoms with Gasteiger partial charge < -0.3 is 11.1 Å². The number of nitrogens with one attached hydrogen (secondary N) is 1. The molecule has 1 heterocycles. The molecule has 1 aromatic heterocycles. The Morgan fingerprint density at radius 1 is 1.61 bits per heavy atom. The number of nitrogens with two attached hydrogens (primary N) is 1. The number of ketones is 1. The van der Waals surface area contributed by atoms with E-state index in [4.69, 9.17) is 11.0 Å². The van der Waals surface area contributed by atoms with Gasteiger partial charge in [0, 0.05) is 12.0 Å². The maximum Gasteiger partial charge on any atom is 0.177 e. The molecule has 0 aromatic carbocycles. The van der Waals surface area contributed by atoms with E-state index in [2.05, 4.69) is 18.3 Å². The molecule has 0 aliphatic heterocycles. The molecule has 0 saturated heterocycles. The summed E-state index contributed by atoms with van der Waals surface area (Å²) in [7, 11) is 0. The van der Waals surface area contributed by atoms with E-state index < -0.39 is 0 Å². The maximum absolute atomic E-state index is 12.0. The SMILES string of the molecule is CC(C)C(=O)c1sc(NC2CC2C)c(C#N)c1N. The van der Waals surface area contributed by atoms with Gasteiger partial charge in [0.05, 0.1) is 10.6 Å². The van der Waals surface area contributed by atoms with Crippen molar-refractivity contribution in [3.8, 4) is 6.07 Å². The fourth-order valence-corrected chi connectivity index (χ4v) is 3.01. The van der Waals surface area contributed by atoms with E-state index >= 15 is 0 Å². The average molecular weight is 263 g/mol. The van der Waals surface area contributed by atoms with Gasteiger partial charge in [0.2, 0.25) is 0 Å². The van der Waals surface area contributed by atoms with Crippen LogP contribution in [0.2, 0.25) is 0 Å². The fraction of sp³-hybridized carbons (Fsp3) is 0.538. The van der Waals surface area contributed by atoms with Crippen molar-refractivity contribution in [1.29, 1.82) is 5.26 Å². The smallest absolute Gasteiger partial charge is 0.177 e. The quantitative estimate of drug-likeness (QED) is 0.819. The second kappa shape index (κ2) is 4.62. The van der Waals surface area contributed by atoms with Crippen LogP contribution in [0.25, 0.3) is 0 Å². The van der Waals surface area contributed by atoms with Crippen LogP contribution in [0.15, 0.2) is 0 Å². The summed E-state index contributed by atoms with van der Waals surface area (Å²) in [6.45, 7) is 5.83. The van der Waals surface area contributed by atoms with Gasteiger partial charge in [0.25, 0.3) is 0 Å². The molecule has 1 fully saturated rings. The number of hydrogen-bond acceptors (Lipinski definition) is 5. The van der Waals surface area contributed by atoms with Crippen molar-refractivity contribution in [2.24, 2.45) is 11.8 Å². The van der Waals surface area contributed by atoms with Crippen molar-refractivity contribution < 1.29 is 4.79 Å². The molecular formula is C13H17N3OS. The Balaban J connectivity index is 2.33. The Bertz CT molecular complexity index is 527. The van der Waals surface area contributed by atoms with Crippen molar-refractivity contribution in [3.63, 3.8) is 0 Å². The third-order valence-electron chi connectivity index (χ3n) is 3.23. The van der Waals surface area contributed by atoms with Crippen molar-refractivity contribution >= 4 is 27.8 Å². The minimum Gasteiger partial charge on any atom is -0.396 e. The standard InChI is InChI=1S/C13H17N3OS/c1-6(2)11(17)12-10(15)8(5-14)13(18-12)16-9-4-7(9)3/h6-7,9,16H,4,15H2,1-3H3. The van der Waals surface area contributed by atoms with E-state index in [1.54, 1.807) is 0 Å². The van der Waals surface area contributed by atoms with Crippen LogP contribution in [-0.4, -0.2) is 11.8 Å². The van der Waals surface area contributed by atoms with Crippen LogP contribution in [0.3, 0.4) is 0 Å². The summed E-state index contributed by atoms with van der Waals surface area (Å²) >= 11 is 1.31. The number of nitrogens with zero attached hydrogens (tertiary/aromatic N) is 1. The number of carbonyl (C=O) groups excluding carboxylic acids is 1. The zero-order valence-electron chi connectivity index (χ0n) is 10.8. The number of hydrogen-bond donors (Lipinski definition) is 2. The van der Waals surface area contributed by atoms with Gasteiger partial charge in [-0.15, -0.1) is 11.3 Å². The summed E-state index contributed by atoms with van der Waals surface area (Å²) in [6, 6.07) is 2.51. The van der Waals surface area contributed by atoms with Gasteiger partial charge in [-0.05, 0) is 12.3 Å². The topological polar surface area (TPSA) is 78.9 Å². The molecule has 1 saturated carbocycles. The van der Waals surface area contributed by atoms with Crippen molar-refractivity contribution in [2.45, 2.75) is 33.2 Å². The van der Waals surface area contributed by atoms with E-state index in [1.807, 2.05) is 13.8 Å². The van der Waals surface area contributed by atoms with Crippen LogP contribution in [0.5, 0.6) is 0 Å². The molecule has 1 aromatic rings. The molecule has 0 radical (unpaired) electrons. The number of nitriles is 1.